The SMILES string of the molecule is O=[N+]([O-])c1cncc(Cl)c1OCc1ccc(CN2CCOCC2)cc1. The van der Waals surface area contributed by atoms with Gasteiger partial charge in [0.25, 0.3) is 0 Å². The maximum Gasteiger partial charge on any atom is 0.330 e. The molecule has 0 saturated carbocycles. The molecule has 0 spiro atoms. The Bertz CT molecular complexity index is 733. The molecule has 1 saturated heterocycles. The van der Waals surface area contributed by atoms with Crippen LogP contribution in [0.3, 0.4) is 0 Å². The molecule has 7 nitrogen and oxygen atoms in total. The van der Waals surface area contributed by atoms with Gasteiger partial charge in [0.05, 0.1) is 18.1 Å². The van der Waals surface area contributed by atoms with Crippen molar-refractivity contribution >= 4 is 17.3 Å². The molecule has 0 atom stereocenters. The van der Waals surface area contributed by atoms with Gasteiger partial charge in [-0.15, -0.1) is 0 Å². The lowest BCUT2D eigenvalue weighted by molar-refractivity contribution is -0.386. The van der Waals surface area contributed by atoms with E-state index in [0.29, 0.717) is 0 Å². The Morgan fingerprint density at radius 3 is 2.56 bits per heavy atom. The number of morpholine rings is 1. The number of halogens is 1. The van der Waals surface area contributed by atoms with Gasteiger partial charge in [-0.25, -0.2) is 0 Å². The molecule has 0 amide bonds. The van der Waals surface area contributed by atoms with E-state index in [-0.39, 0.29) is 23.1 Å². The normalized spacial score (nSPS) is 15.1. The first kappa shape index (κ1) is 17.6. The molecule has 1 aliphatic rings. The Morgan fingerprint density at radius 2 is 1.88 bits per heavy atom. The summed E-state index contributed by atoms with van der Waals surface area (Å²) in [5.41, 5.74) is 1.88. The Kier molecular flexibility index (Phi) is 5.80. The van der Waals surface area contributed by atoms with Crippen molar-refractivity contribution in [1.29, 1.82) is 0 Å². The topological polar surface area (TPSA) is 77.7 Å². The van der Waals surface area contributed by atoms with E-state index in [2.05, 4.69) is 9.88 Å². The average Bonchev–Trinajstić information content (AvgIpc) is 2.62. The Morgan fingerprint density at radius 1 is 1.20 bits per heavy atom. The van der Waals surface area contributed by atoms with Crippen LogP contribution in [0.25, 0.3) is 0 Å². The van der Waals surface area contributed by atoms with Gasteiger partial charge in [0.2, 0.25) is 5.75 Å². The molecular weight excluding hydrogens is 346 g/mol. The molecule has 1 aromatic carbocycles. The predicted molar refractivity (Wildman–Crippen MR) is 92.8 cm³/mol. The van der Waals surface area contributed by atoms with E-state index in [1.165, 1.54) is 11.8 Å². The highest BCUT2D eigenvalue weighted by Crippen LogP contribution is 2.33. The Balaban J connectivity index is 1.61. The third kappa shape index (κ3) is 4.66. The third-order valence-corrected chi connectivity index (χ3v) is 4.22. The number of rotatable bonds is 6. The van der Waals surface area contributed by atoms with Crippen LogP contribution in [-0.2, 0) is 17.9 Å². The number of nitro groups is 1. The van der Waals surface area contributed by atoms with Crippen molar-refractivity contribution in [3.63, 3.8) is 0 Å². The molecule has 2 aromatic rings. The third-order valence-electron chi connectivity index (χ3n) is 3.95. The fourth-order valence-electron chi connectivity index (χ4n) is 2.60. The van der Waals surface area contributed by atoms with E-state index in [4.69, 9.17) is 21.1 Å². The zero-order valence-electron chi connectivity index (χ0n) is 13.6. The number of ether oxygens (including phenoxy) is 2. The minimum absolute atomic E-state index is 0.0408. The van der Waals surface area contributed by atoms with Crippen molar-refractivity contribution in [3.05, 3.63) is 62.9 Å². The van der Waals surface area contributed by atoms with Crippen LogP contribution in [0, 0.1) is 10.1 Å². The van der Waals surface area contributed by atoms with E-state index in [1.54, 1.807) is 0 Å². The van der Waals surface area contributed by atoms with Crippen LogP contribution in [-0.4, -0.2) is 41.1 Å². The molecule has 132 valence electrons. The first-order valence-corrected chi connectivity index (χ1v) is 8.30. The quantitative estimate of drug-likeness (QED) is 0.580. The second-order valence-corrected chi connectivity index (χ2v) is 6.13. The van der Waals surface area contributed by atoms with Gasteiger partial charge in [0, 0.05) is 25.8 Å². The second kappa shape index (κ2) is 8.24. The number of pyridine rings is 1. The number of hydrogen-bond acceptors (Lipinski definition) is 6. The molecule has 0 bridgehead atoms. The lowest BCUT2D eigenvalue weighted by Gasteiger charge is -2.26. The van der Waals surface area contributed by atoms with Gasteiger partial charge >= 0.3 is 5.69 Å². The number of aromatic nitrogens is 1. The van der Waals surface area contributed by atoms with Crippen molar-refractivity contribution in [2.45, 2.75) is 13.2 Å². The lowest BCUT2D eigenvalue weighted by Crippen LogP contribution is -2.35. The van der Waals surface area contributed by atoms with Gasteiger partial charge in [0.1, 0.15) is 17.8 Å². The maximum absolute atomic E-state index is 11.0. The second-order valence-electron chi connectivity index (χ2n) is 5.72. The molecular formula is C17H18ClN3O4. The van der Waals surface area contributed by atoms with E-state index in [9.17, 15) is 10.1 Å². The molecule has 0 radical (unpaired) electrons. The average molecular weight is 364 g/mol. The van der Waals surface area contributed by atoms with Gasteiger partial charge in [-0.3, -0.25) is 20.0 Å². The first-order valence-electron chi connectivity index (χ1n) is 7.92. The molecule has 3 rings (SSSR count). The van der Waals surface area contributed by atoms with Gasteiger partial charge in [-0.2, -0.15) is 0 Å². The number of hydrogen-bond donors (Lipinski definition) is 0. The lowest BCUT2D eigenvalue weighted by atomic mass is 10.1. The summed E-state index contributed by atoms with van der Waals surface area (Å²) in [4.78, 5) is 16.5. The molecule has 2 heterocycles. The predicted octanol–water partition coefficient (Wildman–Crippen LogP) is 3.05. The van der Waals surface area contributed by atoms with Crippen LogP contribution in [0.15, 0.2) is 36.7 Å². The van der Waals surface area contributed by atoms with Gasteiger partial charge in [-0.1, -0.05) is 35.9 Å². The highest BCUT2D eigenvalue weighted by atomic mass is 35.5. The fourth-order valence-corrected chi connectivity index (χ4v) is 2.81. The monoisotopic (exact) mass is 363 g/mol. The molecule has 1 aromatic heterocycles. The van der Waals surface area contributed by atoms with E-state index >= 15 is 0 Å². The van der Waals surface area contributed by atoms with E-state index in [0.717, 1.165) is 44.6 Å². The highest BCUT2D eigenvalue weighted by Gasteiger charge is 2.19. The summed E-state index contributed by atoms with van der Waals surface area (Å²) < 4.78 is 10.9. The Hall–Kier alpha value is -2.22. The van der Waals surface area contributed by atoms with Crippen LogP contribution >= 0.6 is 11.6 Å². The number of nitrogens with zero attached hydrogens (tertiary/aromatic N) is 3. The first-order chi connectivity index (χ1) is 12.1. The van der Waals surface area contributed by atoms with Crippen LogP contribution in [0.5, 0.6) is 5.75 Å². The standard InChI is InChI=1S/C17H18ClN3O4/c18-15-9-19-10-16(21(22)23)17(15)25-12-14-3-1-13(2-4-14)11-20-5-7-24-8-6-20/h1-4,9-10H,5-8,11-12H2. The number of benzene rings is 1. The summed E-state index contributed by atoms with van der Waals surface area (Å²) in [5.74, 6) is 0.0408. The molecule has 0 unspecified atom stereocenters. The summed E-state index contributed by atoms with van der Waals surface area (Å²) in [7, 11) is 0. The minimum atomic E-state index is -0.556. The molecule has 0 N–H and O–H groups in total. The van der Waals surface area contributed by atoms with Crippen LogP contribution in [0.2, 0.25) is 5.02 Å². The molecule has 1 aliphatic heterocycles. The summed E-state index contributed by atoms with van der Waals surface area (Å²) in [5, 5.41) is 11.2. The van der Waals surface area contributed by atoms with Crippen molar-refractivity contribution in [2.24, 2.45) is 0 Å². The summed E-state index contributed by atoms with van der Waals surface area (Å²) in [6.45, 7) is 4.51. The largest absolute Gasteiger partial charge is 0.481 e. The summed E-state index contributed by atoms with van der Waals surface area (Å²) >= 11 is 5.97. The summed E-state index contributed by atoms with van der Waals surface area (Å²) in [6, 6.07) is 7.99. The molecule has 8 heteroatoms. The maximum atomic E-state index is 11.0. The fraction of sp³-hybridized carbons (Fsp3) is 0.353. The van der Waals surface area contributed by atoms with Gasteiger partial charge in [-0.05, 0) is 11.1 Å². The Labute approximate surface area is 150 Å². The van der Waals surface area contributed by atoms with Crippen molar-refractivity contribution in [3.8, 4) is 5.75 Å². The van der Waals surface area contributed by atoms with Gasteiger partial charge < -0.3 is 9.47 Å². The van der Waals surface area contributed by atoms with Crippen molar-refractivity contribution in [2.75, 3.05) is 26.3 Å². The highest BCUT2D eigenvalue weighted by molar-refractivity contribution is 6.32. The molecule has 1 fully saturated rings. The van der Waals surface area contributed by atoms with Crippen LogP contribution in [0.1, 0.15) is 11.1 Å². The minimum Gasteiger partial charge on any atom is -0.481 e. The van der Waals surface area contributed by atoms with Crippen molar-refractivity contribution < 1.29 is 14.4 Å². The molecule has 0 aliphatic carbocycles. The zero-order valence-corrected chi connectivity index (χ0v) is 14.3. The smallest absolute Gasteiger partial charge is 0.330 e. The van der Waals surface area contributed by atoms with Gasteiger partial charge in [0.15, 0.2) is 0 Å². The van der Waals surface area contributed by atoms with Crippen LogP contribution in [0.4, 0.5) is 5.69 Å². The van der Waals surface area contributed by atoms with Crippen molar-refractivity contribution in [1.82, 2.24) is 9.88 Å². The summed E-state index contributed by atoms with van der Waals surface area (Å²) in [6.07, 6.45) is 2.46. The van der Waals surface area contributed by atoms with E-state index in [1.807, 2.05) is 24.3 Å². The van der Waals surface area contributed by atoms with Crippen LogP contribution < -0.4 is 4.74 Å². The molecule has 25 heavy (non-hydrogen) atoms. The van der Waals surface area contributed by atoms with E-state index < -0.39 is 4.92 Å². The zero-order chi connectivity index (χ0) is 17.6.